The van der Waals surface area contributed by atoms with Crippen LogP contribution in [0.15, 0.2) is 24.3 Å². The van der Waals surface area contributed by atoms with Crippen molar-refractivity contribution in [3.8, 4) is 0 Å². The topological polar surface area (TPSA) is 0 Å². The van der Waals surface area contributed by atoms with Crippen molar-refractivity contribution in [3.05, 3.63) is 35.4 Å². The zero-order chi connectivity index (χ0) is 18.3. The first-order chi connectivity index (χ1) is 10.2. The van der Waals surface area contributed by atoms with E-state index in [1.54, 1.807) is 12.1 Å². The van der Waals surface area contributed by atoms with E-state index in [0.717, 1.165) is 5.56 Å². The highest BCUT2D eigenvalue weighted by atomic mass is 35.6. The van der Waals surface area contributed by atoms with Gasteiger partial charge in [-0.15, -0.1) is 0 Å². The third kappa shape index (κ3) is 4.57. The van der Waals surface area contributed by atoms with Gasteiger partial charge in [0, 0.05) is 0 Å². The standard InChI is InChI=1S/C14H13Cl9/c1-8(2)7-9-5-3-4-6-10(9)11(15,16)12(17,18)13(19,20)14(21,22)23/h3-6,8H,7H2,1-2H3. The average Bonchev–Trinajstić information content (AvgIpc) is 2.36. The molecule has 0 nitrogen and oxygen atoms in total. The molecule has 0 aliphatic carbocycles. The van der Waals surface area contributed by atoms with Crippen LogP contribution in [0.25, 0.3) is 0 Å². The summed E-state index contributed by atoms with van der Waals surface area (Å²) in [6.45, 7) is 4.09. The van der Waals surface area contributed by atoms with Crippen LogP contribution >= 0.6 is 104 Å². The minimum Gasteiger partial charge on any atom is -0.0943 e. The fourth-order valence-corrected chi connectivity index (χ4v) is 4.32. The van der Waals surface area contributed by atoms with Crippen molar-refractivity contribution in [1.82, 2.24) is 0 Å². The summed E-state index contributed by atoms with van der Waals surface area (Å²) in [6.07, 6.45) is 0.687. The quantitative estimate of drug-likeness (QED) is 0.358. The van der Waals surface area contributed by atoms with Gasteiger partial charge in [-0.2, -0.15) is 0 Å². The van der Waals surface area contributed by atoms with Crippen molar-refractivity contribution in [2.45, 2.75) is 37.1 Å². The second-order valence-corrected chi connectivity index (χ2v) is 11.7. The van der Waals surface area contributed by atoms with Crippen LogP contribution in [0.3, 0.4) is 0 Å². The molecule has 0 spiro atoms. The number of rotatable bonds is 5. The van der Waals surface area contributed by atoms with Gasteiger partial charge in [-0.1, -0.05) is 143 Å². The van der Waals surface area contributed by atoms with E-state index in [2.05, 4.69) is 0 Å². The molecule has 0 aliphatic rings. The Kier molecular flexibility index (Phi) is 7.79. The van der Waals surface area contributed by atoms with E-state index in [4.69, 9.17) is 104 Å². The molecule has 0 unspecified atom stereocenters. The molecular formula is C14H13Cl9. The molecule has 0 bridgehead atoms. The largest absolute Gasteiger partial charge is 0.226 e. The van der Waals surface area contributed by atoms with Crippen molar-refractivity contribution in [2.75, 3.05) is 0 Å². The normalized spacial score (nSPS) is 14.4. The van der Waals surface area contributed by atoms with Gasteiger partial charge >= 0.3 is 0 Å². The van der Waals surface area contributed by atoms with Crippen LogP contribution < -0.4 is 0 Å². The predicted molar refractivity (Wildman–Crippen MR) is 108 cm³/mol. The van der Waals surface area contributed by atoms with E-state index < -0.39 is 16.8 Å². The number of hydrogen-bond acceptors (Lipinski definition) is 0. The molecule has 23 heavy (non-hydrogen) atoms. The van der Waals surface area contributed by atoms with E-state index in [9.17, 15) is 0 Å². The Morgan fingerprint density at radius 3 is 1.70 bits per heavy atom. The van der Waals surface area contributed by atoms with E-state index in [1.165, 1.54) is 0 Å². The first-order valence-electron chi connectivity index (χ1n) is 6.44. The molecule has 0 radical (unpaired) electrons. The van der Waals surface area contributed by atoms with Crippen molar-refractivity contribution in [2.24, 2.45) is 5.92 Å². The van der Waals surface area contributed by atoms with E-state index in [1.807, 2.05) is 26.0 Å². The number of benzene rings is 1. The van der Waals surface area contributed by atoms with Gasteiger partial charge in [-0.05, 0) is 23.5 Å². The predicted octanol–water partition coefficient (Wildman–Crippen LogP) is 8.23. The molecule has 1 aromatic rings. The molecular weight excluding hydrogens is 487 g/mol. The van der Waals surface area contributed by atoms with Gasteiger partial charge < -0.3 is 0 Å². The zero-order valence-electron chi connectivity index (χ0n) is 12.0. The molecule has 0 aromatic heterocycles. The minimum atomic E-state index is -2.29. The van der Waals surface area contributed by atoms with Crippen LogP contribution in [-0.2, 0) is 10.8 Å². The molecule has 132 valence electrons. The van der Waals surface area contributed by atoms with E-state index in [-0.39, 0.29) is 0 Å². The lowest BCUT2D eigenvalue weighted by atomic mass is 9.94. The van der Waals surface area contributed by atoms with Gasteiger partial charge in [0.25, 0.3) is 0 Å². The summed E-state index contributed by atoms with van der Waals surface area (Å²) < 4.78 is -8.69. The van der Waals surface area contributed by atoms with Gasteiger partial charge in [-0.25, -0.2) is 0 Å². The van der Waals surface area contributed by atoms with Crippen LogP contribution in [0.5, 0.6) is 0 Å². The van der Waals surface area contributed by atoms with Crippen LogP contribution in [0.1, 0.15) is 25.0 Å². The van der Waals surface area contributed by atoms with Gasteiger partial charge in [0.05, 0.1) is 0 Å². The lowest BCUT2D eigenvalue weighted by Crippen LogP contribution is -2.55. The second-order valence-electron chi connectivity index (χ2n) is 5.48. The van der Waals surface area contributed by atoms with Crippen LogP contribution in [0.4, 0.5) is 0 Å². The third-order valence-electron chi connectivity index (χ3n) is 3.13. The molecule has 0 saturated carbocycles. The average molecular weight is 500 g/mol. The highest BCUT2D eigenvalue weighted by Crippen LogP contribution is 2.65. The number of halogens is 9. The fourth-order valence-electron chi connectivity index (χ4n) is 1.99. The molecule has 0 aliphatic heterocycles. The lowest BCUT2D eigenvalue weighted by Gasteiger charge is -2.44. The molecule has 0 saturated heterocycles. The van der Waals surface area contributed by atoms with Crippen LogP contribution in [-0.4, -0.2) is 12.5 Å². The summed E-state index contributed by atoms with van der Waals surface area (Å²) in [5.74, 6) is 0.338. The van der Waals surface area contributed by atoms with Crippen molar-refractivity contribution < 1.29 is 0 Å². The maximum atomic E-state index is 6.49. The Labute approximate surface area is 181 Å². The van der Waals surface area contributed by atoms with Gasteiger partial charge in [0.2, 0.25) is 8.13 Å². The summed E-state index contributed by atoms with van der Waals surface area (Å²) in [6, 6.07) is 7.12. The molecule has 1 rings (SSSR count). The molecule has 0 fully saturated rings. The SMILES string of the molecule is CC(C)Cc1ccccc1C(Cl)(Cl)C(Cl)(Cl)C(Cl)(Cl)C(Cl)(Cl)Cl. The summed E-state index contributed by atoms with van der Waals surface area (Å²) >= 11 is 55.3. The van der Waals surface area contributed by atoms with Crippen molar-refractivity contribution >= 4 is 104 Å². The van der Waals surface area contributed by atoms with Crippen LogP contribution in [0, 0.1) is 5.92 Å². The first-order valence-corrected chi connectivity index (χ1v) is 9.85. The molecule has 9 heteroatoms. The smallest absolute Gasteiger partial charge is 0.0943 e. The second kappa shape index (κ2) is 7.83. The summed E-state index contributed by atoms with van der Waals surface area (Å²) in [5.41, 5.74) is 1.29. The molecule has 0 amide bonds. The Balaban J connectivity index is 3.47. The van der Waals surface area contributed by atoms with E-state index in [0.29, 0.717) is 17.9 Å². The highest BCUT2D eigenvalue weighted by molar-refractivity contribution is 6.80. The summed E-state index contributed by atoms with van der Waals surface area (Å²) in [7, 11) is 0. The lowest BCUT2D eigenvalue weighted by molar-refractivity contribution is 0.585. The Morgan fingerprint density at radius 2 is 1.26 bits per heavy atom. The molecule has 0 N–H and O–H groups in total. The molecule has 1 aromatic carbocycles. The van der Waals surface area contributed by atoms with E-state index >= 15 is 0 Å². The monoisotopic (exact) mass is 496 g/mol. The Morgan fingerprint density at radius 1 is 0.783 bits per heavy atom. The maximum Gasteiger partial charge on any atom is 0.226 e. The number of alkyl halides is 9. The van der Waals surface area contributed by atoms with Gasteiger partial charge in [0.1, 0.15) is 0 Å². The maximum absolute atomic E-state index is 6.49. The fraction of sp³-hybridized carbons (Fsp3) is 0.571. The van der Waals surface area contributed by atoms with Crippen LogP contribution in [0.2, 0.25) is 0 Å². The molecule has 0 heterocycles. The highest BCUT2D eigenvalue weighted by Gasteiger charge is 2.68. The first kappa shape index (κ1) is 22.9. The minimum absolute atomic E-state index is 0.338. The summed E-state index contributed by atoms with van der Waals surface area (Å²) in [4.78, 5) is 0. The van der Waals surface area contributed by atoms with Gasteiger partial charge in [0.15, 0.2) is 8.67 Å². The zero-order valence-corrected chi connectivity index (χ0v) is 18.8. The molecule has 0 atom stereocenters. The van der Waals surface area contributed by atoms with Gasteiger partial charge in [-0.3, -0.25) is 0 Å². The summed E-state index contributed by atoms with van der Waals surface area (Å²) in [5, 5.41) is 0. The van der Waals surface area contributed by atoms with Crippen molar-refractivity contribution in [3.63, 3.8) is 0 Å². The number of hydrogen-bond donors (Lipinski definition) is 0. The Hall–Kier alpha value is 1.83. The Bertz CT molecular complexity index is 543. The third-order valence-corrected chi connectivity index (χ3v) is 8.58. The van der Waals surface area contributed by atoms with Crippen molar-refractivity contribution in [1.29, 1.82) is 0 Å².